The maximum absolute atomic E-state index is 13.9. The molecule has 1 aromatic heterocycles. The van der Waals surface area contributed by atoms with E-state index >= 15 is 0 Å². The lowest BCUT2D eigenvalue weighted by molar-refractivity contribution is 0.0738. The van der Waals surface area contributed by atoms with Gasteiger partial charge in [0.2, 0.25) is 0 Å². The molecular formula is C18H23FN4O. The summed E-state index contributed by atoms with van der Waals surface area (Å²) in [5, 5.41) is 4.58. The number of nitrogens with one attached hydrogen (secondary N) is 1. The first kappa shape index (κ1) is 15.7. The summed E-state index contributed by atoms with van der Waals surface area (Å²) in [4.78, 5) is 10.8. The van der Waals surface area contributed by atoms with Crippen molar-refractivity contribution in [3.05, 3.63) is 30.3 Å². The first-order chi connectivity index (χ1) is 11.8. The Morgan fingerprint density at radius 1 is 1.04 bits per heavy atom. The molecule has 0 radical (unpaired) electrons. The van der Waals surface area contributed by atoms with Crippen molar-refractivity contribution in [2.45, 2.75) is 37.8 Å². The van der Waals surface area contributed by atoms with Gasteiger partial charge in [0, 0.05) is 43.8 Å². The van der Waals surface area contributed by atoms with Crippen molar-refractivity contribution in [3.8, 4) is 0 Å². The van der Waals surface area contributed by atoms with E-state index in [1.165, 1.54) is 12.4 Å². The van der Waals surface area contributed by atoms with Gasteiger partial charge in [-0.1, -0.05) is 6.07 Å². The molecule has 0 unspecified atom stereocenters. The molecule has 128 valence electrons. The Kier molecular flexibility index (Phi) is 4.58. The number of para-hydroxylation sites is 1. The normalized spacial score (nSPS) is 20.6. The Balaban J connectivity index is 1.43. The summed E-state index contributed by atoms with van der Waals surface area (Å²) in [6.45, 7) is 3.61. The molecule has 0 spiro atoms. The predicted molar refractivity (Wildman–Crippen MR) is 91.7 cm³/mol. The summed E-state index contributed by atoms with van der Waals surface area (Å²) in [6, 6.07) is 6.21. The van der Waals surface area contributed by atoms with E-state index in [9.17, 15) is 4.39 Å². The van der Waals surface area contributed by atoms with Crippen LogP contribution in [-0.4, -0.2) is 48.4 Å². The van der Waals surface area contributed by atoms with E-state index in [0.29, 0.717) is 17.6 Å². The van der Waals surface area contributed by atoms with Crippen LogP contribution >= 0.6 is 0 Å². The monoisotopic (exact) mass is 330 g/mol. The Morgan fingerprint density at radius 2 is 1.79 bits per heavy atom. The average Bonchev–Trinajstić information content (AvgIpc) is 2.63. The van der Waals surface area contributed by atoms with Crippen LogP contribution < -0.4 is 10.2 Å². The molecule has 6 heteroatoms. The van der Waals surface area contributed by atoms with Crippen LogP contribution in [0.15, 0.2) is 24.5 Å². The third-order valence-electron chi connectivity index (χ3n) is 5.08. The van der Waals surface area contributed by atoms with Gasteiger partial charge in [-0.2, -0.15) is 0 Å². The van der Waals surface area contributed by atoms with Gasteiger partial charge in [0.25, 0.3) is 0 Å². The molecule has 3 heterocycles. The number of benzene rings is 1. The van der Waals surface area contributed by atoms with Gasteiger partial charge < -0.3 is 15.0 Å². The first-order valence-corrected chi connectivity index (χ1v) is 8.79. The minimum atomic E-state index is -0.285. The maximum Gasteiger partial charge on any atom is 0.149 e. The number of anilines is 1. The molecule has 2 aliphatic rings. The largest absolute Gasteiger partial charge is 0.381 e. The lowest BCUT2D eigenvalue weighted by atomic mass is 10.0. The molecule has 2 aliphatic heterocycles. The van der Waals surface area contributed by atoms with E-state index in [-0.39, 0.29) is 5.82 Å². The quantitative estimate of drug-likeness (QED) is 0.937. The number of hydrogen-bond donors (Lipinski definition) is 1. The van der Waals surface area contributed by atoms with Crippen LogP contribution in [0.3, 0.4) is 0 Å². The second-order valence-electron chi connectivity index (χ2n) is 6.65. The van der Waals surface area contributed by atoms with Crippen molar-refractivity contribution >= 4 is 16.7 Å². The molecule has 0 amide bonds. The van der Waals surface area contributed by atoms with Crippen molar-refractivity contribution in [1.82, 2.24) is 15.3 Å². The molecular weight excluding hydrogens is 307 g/mol. The molecule has 5 nitrogen and oxygen atoms in total. The fourth-order valence-corrected chi connectivity index (χ4v) is 3.75. The van der Waals surface area contributed by atoms with Crippen LogP contribution in [-0.2, 0) is 4.74 Å². The van der Waals surface area contributed by atoms with Crippen molar-refractivity contribution < 1.29 is 9.13 Å². The highest BCUT2D eigenvalue weighted by molar-refractivity contribution is 5.89. The van der Waals surface area contributed by atoms with Crippen LogP contribution in [0, 0.1) is 5.82 Å². The fraction of sp³-hybridized carbons (Fsp3) is 0.556. The molecule has 0 atom stereocenters. The molecule has 2 fully saturated rings. The van der Waals surface area contributed by atoms with Crippen molar-refractivity contribution in [2.24, 2.45) is 0 Å². The van der Waals surface area contributed by atoms with E-state index in [1.54, 1.807) is 6.07 Å². The summed E-state index contributed by atoms with van der Waals surface area (Å²) in [7, 11) is 0. The third-order valence-corrected chi connectivity index (χ3v) is 5.08. The molecule has 0 bridgehead atoms. The van der Waals surface area contributed by atoms with E-state index in [0.717, 1.165) is 63.2 Å². The zero-order chi connectivity index (χ0) is 16.4. The van der Waals surface area contributed by atoms with Crippen LogP contribution in [0.4, 0.5) is 10.2 Å². The van der Waals surface area contributed by atoms with E-state index in [4.69, 9.17) is 4.74 Å². The predicted octanol–water partition coefficient (Wildman–Crippen LogP) is 2.51. The summed E-state index contributed by atoms with van der Waals surface area (Å²) >= 11 is 0. The van der Waals surface area contributed by atoms with Gasteiger partial charge in [0.05, 0.1) is 0 Å². The molecule has 0 aliphatic carbocycles. The minimum absolute atomic E-state index is 0.285. The van der Waals surface area contributed by atoms with Crippen molar-refractivity contribution in [2.75, 3.05) is 31.2 Å². The van der Waals surface area contributed by atoms with Crippen LogP contribution in [0.25, 0.3) is 10.9 Å². The smallest absolute Gasteiger partial charge is 0.149 e. The second kappa shape index (κ2) is 6.99. The fourth-order valence-electron chi connectivity index (χ4n) is 3.75. The number of fused-ring (bicyclic) bond motifs is 1. The molecule has 0 saturated carbocycles. The molecule has 1 aromatic carbocycles. The SMILES string of the molecule is Fc1cccc2c(N3CCC(NC4CCOCC4)CC3)ncnc12. The highest BCUT2D eigenvalue weighted by atomic mass is 19.1. The Labute approximate surface area is 141 Å². The highest BCUT2D eigenvalue weighted by Crippen LogP contribution is 2.27. The van der Waals surface area contributed by atoms with E-state index in [2.05, 4.69) is 20.2 Å². The number of rotatable bonds is 3. The van der Waals surface area contributed by atoms with Crippen LogP contribution in [0.1, 0.15) is 25.7 Å². The highest BCUT2D eigenvalue weighted by Gasteiger charge is 2.24. The first-order valence-electron chi connectivity index (χ1n) is 8.79. The number of hydrogen-bond acceptors (Lipinski definition) is 5. The number of piperidine rings is 1. The topological polar surface area (TPSA) is 50.3 Å². The zero-order valence-electron chi connectivity index (χ0n) is 13.7. The summed E-state index contributed by atoms with van der Waals surface area (Å²) < 4.78 is 19.3. The molecule has 24 heavy (non-hydrogen) atoms. The molecule has 1 N–H and O–H groups in total. The average molecular weight is 330 g/mol. The van der Waals surface area contributed by atoms with Crippen LogP contribution in [0.2, 0.25) is 0 Å². The van der Waals surface area contributed by atoms with E-state index < -0.39 is 0 Å². The summed E-state index contributed by atoms with van der Waals surface area (Å²) in [5.41, 5.74) is 0.407. The van der Waals surface area contributed by atoms with Gasteiger partial charge in [0.1, 0.15) is 23.5 Å². The number of halogens is 1. The van der Waals surface area contributed by atoms with E-state index in [1.807, 2.05) is 6.07 Å². The van der Waals surface area contributed by atoms with Gasteiger partial charge in [-0.25, -0.2) is 14.4 Å². The minimum Gasteiger partial charge on any atom is -0.381 e. The number of aromatic nitrogens is 2. The van der Waals surface area contributed by atoms with Gasteiger partial charge in [0.15, 0.2) is 0 Å². The molecule has 2 saturated heterocycles. The third kappa shape index (κ3) is 3.21. The van der Waals surface area contributed by atoms with Crippen molar-refractivity contribution in [1.29, 1.82) is 0 Å². The Hall–Kier alpha value is -1.79. The lowest BCUT2D eigenvalue weighted by Crippen LogP contribution is -2.47. The molecule has 4 rings (SSSR count). The standard InChI is InChI=1S/C18H23FN4O/c19-16-3-1-2-15-17(16)20-12-21-18(15)23-8-4-13(5-9-23)22-14-6-10-24-11-7-14/h1-3,12-14,22H,4-11H2. The van der Waals surface area contributed by atoms with Gasteiger partial charge in [-0.05, 0) is 37.8 Å². The summed E-state index contributed by atoms with van der Waals surface area (Å²) in [5.74, 6) is 0.566. The molecule has 2 aromatic rings. The maximum atomic E-state index is 13.9. The lowest BCUT2D eigenvalue weighted by Gasteiger charge is -2.36. The summed E-state index contributed by atoms with van der Waals surface area (Å²) in [6.07, 6.45) is 5.84. The number of ether oxygens (including phenoxy) is 1. The zero-order valence-corrected chi connectivity index (χ0v) is 13.7. The van der Waals surface area contributed by atoms with Gasteiger partial charge in [-0.15, -0.1) is 0 Å². The Morgan fingerprint density at radius 3 is 2.58 bits per heavy atom. The second-order valence-corrected chi connectivity index (χ2v) is 6.65. The number of nitrogens with zero attached hydrogens (tertiary/aromatic N) is 3. The Bertz CT molecular complexity index is 696. The van der Waals surface area contributed by atoms with Gasteiger partial charge in [-0.3, -0.25) is 0 Å². The van der Waals surface area contributed by atoms with Crippen LogP contribution in [0.5, 0.6) is 0 Å². The van der Waals surface area contributed by atoms with Gasteiger partial charge >= 0.3 is 0 Å². The van der Waals surface area contributed by atoms with Crippen molar-refractivity contribution in [3.63, 3.8) is 0 Å².